The van der Waals surface area contributed by atoms with Crippen molar-refractivity contribution in [2.24, 2.45) is 0 Å². The fourth-order valence-electron chi connectivity index (χ4n) is 6.19. The lowest BCUT2D eigenvalue weighted by atomic mass is 9.98. The summed E-state index contributed by atoms with van der Waals surface area (Å²) in [4.78, 5) is 14.1. The van der Waals surface area contributed by atoms with E-state index in [2.05, 4.69) is 0 Å². The van der Waals surface area contributed by atoms with Gasteiger partial charge in [0.05, 0.1) is 19.3 Å². The van der Waals surface area contributed by atoms with Crippen LogP contribution in [0.15, 0.2) is 39.5 Å². The minimum absolute atomic E-state index is 0.122. The third-order valence-corrected chi connectivity index (χ3v) is 9.38. The monoisotopic (exact) mass is 772 g/mol. The van der Waals surface area contributed by atoms with Gasteiger partial charge in [0.1, 0.15) is 89.6 Å². The molecule has 3 fully saturated rings. The first-order valence-corrected chi connectivity index (χ1v) is 16.5. The van der Waals surface area contributed by atoms with E-state index in [4.69, 9.17) is 32.8 Å². The summed E-state index contributed by atoms with van der Waals surface area (Å²) in [5.41, 5.74) is -1.66. The van der Waals surface area contributed by atoms with Crippen molar-refractivity contribution < 1.29 is 99.2 Å². The van der Waals surface area contributed by atoms with Crippen molar-refractivity contribution in [2.45, 2.75) is 99.0 Å². The van der Waals surface area contributed by atoms with Gasteiger partial charge in [0.15, 0.2) is 23.5 Å². The molecule has 0 saturated carbocycles. The molecule has 0 unspecified atom stereocenters. The molecular weight excluding hydrogens is 732 g/mol. The van der Waals surface area contributed by atoms with Gasteiger partial charge in [-0.1, -0.05) is 0 Å². The van der Waals surface area contributed by atoms with E-state index in [0.29, 0.717) is 0 Å². The summed E-state index contributed by atoms with van der Waals surface area (Å²) in [6, 6.07) is 5.15. The lowest BCUT2D eigenvalue weighted by Crippen LogP contribution is -2.61. The van der Waals surface area contributed by atoms with Crippen molar-refractivity contribution in [3.05, 3.63) is 40.6 Å². The van der Waals surface area contributed by atoms with E-state index in [1.807, 2.05) is 0 Å². The number of ether oxygens (including phenoxy) is 6. The van der Waals surface area contributed by atoms with Crippen LogP contribution in [0.3, 0.4) is 0 Å². The number of phenolic OH excluding ortho intramolecular Hbond substituents is 3. The van der Waals surface area contributed by atoms with Crippen molar-refractivity contribution >= 4 is 11.0 Å². The van der Waals surface area contributed by atoms with Crippen LogP contribution in [-0.4, -0.2) is 172 Å². The summed E-state index contributed by atoms with van der Waals surface area (Å²) >= 11 is 0. The predicted octanol–water partition coefficient (Wildman–Crippen LogP) is -4.21. The number of aliphatic hydroxyl groups excluding tert-OH is 10. The minimum Gasteiger partial charge on any atom is -0.507 e. The second kappa shape index (κ2) is 15.7. The lowest BCUT2D eigenvalue weighted by Gasteiger charge is -2.42. The SMILES string of the molecule is C[C@H]1O[C@@H](OC[C@H]2O[C@@H](Oc3c(-c4ccc(O)c(O)c4)oc4cc(O[C@@H]5O[C@@H](CO)[C@H](O)[C@H](O)[C@H]5O)cc(O)c4c3=O)[C@H](O)[C@@H](O)[C@@H]2O)[C@H](O)[C@@H](O)[C@H]1O. The van der Waals surface area contributed by atoms with Gasteiger partial charge in [0.25, 0.3) is 0 Å². The van der Waals surface area contributed by atoms with Crippen LogP contribution in [0.2, 0.25) is 0 Å². The van der Waals surface area contributed by atoms with E-state index in [1.165, 1.54) is 13.0 Å². The number of benzene rings is 2. The Hall–Kier alpha value is -3.91. The van der Waals surface area contributed by atoms with E-state index >= 15 is 0 Å². The van der Waals surface area contributed by atoms with Crippen LogP contribution in [0.5, 0.6) is 28.7 Å². The fourth-order valence-corrected chi connectivity index (χ4v) is 6.19. The van der Waals surface area contributed by atoms with Gasteiger partial charge in [-0.15, -0.1) is 0 Å². The largest absolute Gasteiger partial charge is 0.507 e. The first kappa shape index (κ1) is 39.8. The lowest BCUT2D eigenvalue weighted by molar-refractivity contribution is -0.318. The second-order valence-corrected chi connectivity index (χ2v) is 13.1. The van der Waals surface area contributed by atoms with Crippen LogP contribution >= 0.6 is 0 Å². The number of hydrogen-bond acceptors (Lipinski definition) is 21. The number of aromatic hydroxyl groups is 3. The Balaban J connectivity index is 1.34. The van der Waals surface area contributed by atoms with Gasteiger partial charge in [-0.3, -0.25) is 4.79 Å². The third kappa shape index (κ3) is 7.39. The van der Waals surface area contributed by atoms with Gasteiger partial charge >= 0.3 is 0 Å². The predicted molar refractivity (Wildman–Crippen MR) is 173 cm³/mol. The molecule has 21 heteroatoms. The zero-order valence-electron chi connectivity index (χ0n) is 28.0. The molecular formula is C33H40O21. The topological polar surface area (TPSA) is 349 Å². The molecule has 3 saturated heterocycles. The molecule has 3 aliphatic rings. The van der Waals surface area contributed by atoms with E-state index in [-0.39, 0.29) is 11.3 Å². The molecule has 0 bridgehead atoms. The molecule has 13 N–H and O–H groups in total. The average molecular weight is 773 g/mol. The van der Waals surface area contributed by atoms with Gasteiger partial charge in [-0.25, -0.2) is 0 Å². The summed E-state index contributed by atoms with van der Waals surface area (Å²) in [5.74, 6) is -3.63. The molecule has 2 aromatic carbocycles. The molecule has 54 heavy (non-hydrogen) atoms. The molecule has 4 heterocycles. The molecule has 15 atom stereocenters. The summed E-state index contributed by atoms with van der Waals surface area (Å²) in [6.45, 7) is -0.0204. The Labute approximate surface area is 303 Å². The number of rotatable bonds is 9. The highest BCUT2D eigenvalue weighted by Crippen LogP contribution is 2.40. The fraction of sp³-hybridized carbons (Fsp3) is 0.545. The zero-order valence-corrected chi connectivity index (χ0v) is 28.0. The van der Waals surface area contributed by atoms with Crippen LogP contribution in [0.1, 0.15) is 6.92 Å². The Bertz CT molecular complexity index is 1850. The second-order valence-electron chi connectivity index (χ2n) is 13.1. The van der Waals surface area contributed by atoms with Gasteiger partial charge in [-0.05, 0) is 25.1 Å². The normalized spacial score (nSPS) is 37.3. The van der Waals surface area contributed by atoms with Crippen molar-refractivity contribution in [3.8, 4) is 40.1 Å². The number of phenols is 3. The Morgan fingerprint density at radius 3 is 1.87 bits per heavy atom. The van der Waals surface area contributed by atoms with Crippen LogP contribution in [-0.2, 0) is 18.9 Å². The summed E-state index contributed by atoms with van der Waals surface area (Å²) in [7, 11) is 0. The molecule has 1 aromatic heterocycles. The highest BCUT2D eigenvalue weighted by molar-refractivity contribution is 5.88. The Morgan fingerprint density at radius 1 is 0.630 bits per heavy atom. The number of aliphatic hydroxyl groups is 10. The van der Waals surface area contributed by atoms with E-state index < -0.39 is 150 Å². The molecule has 0 aliphatic carbocycles. The van der Waals surface area contributed by atoms with E-state index in [0.717, 1.165) is 24.3 Å². The van der Waals surface area contributed by atoms with Gasteiger partial charge in [0.2, 0.25) is 23.8 Å². The quantitative estimate of drug-likeness (QED) is 0.0917. The van der Waals surface area contributed by atoms with E-state index in [9.17, 15) is 71.2 Å². The number of hydrogen-bond donors (Lipinski definition) is 13. The Morgan fingerprint density at radius 2 is 1.22 bits per heavy atom. The third-order valence-electron chi connectivity index (χ3n) is 9.38. The molecule has 6 rings (SSSR count). The van der Waals surface area contributed by atoms with Gasteiger partial charge in [-0.2, -0.15) is 0 Å². The maximum atomic E-state index is 14.1. The molecule has 21 nitrogen and oxygen atoms in total. The number of fused-ring (bicyclic) bond motifs is 1. The summed E-state index contributed by atoms with van der Waals surface area (Å²) < 4.78 is 39.1. The first-order valence-electron chi connectivity index (χ1n) is 16.5. The van der Waals surface area contributed by atoms with Crippen LogP contribution < -0.4 is 14.9 Å². The Kier molecular flexibility index (Phi) is 11.5. The van der Waals surface area contributed by atoms with Crippen molar-refractivity contribution in [3.63, 3.8) is 0 Å². The van der Waals surface area contributed by atoms with Crippen molar-refractivity contribution in [2.75, 3.05) is 13.2 Å². The highest BCUT2D eigenvalue weighted by Gasteiger charge is 2.48. The van der Waals surface area contributed by atoms with Crippen molar-refractivity contribution in [1.29, 1.82) is 0 Å². The first-order chi connectivity index (χ1) is 25.5. The van der Waals surface area contributed by atoms with E-state index in [1.54, 1.807) is 0 Å². The highest BCUT2D eigenvalue weighted by atomic mass is 16.7. The van der Waals surface area contributed by atoms with Gasteiger partial charge in [0, 0.05) is 17.7 Å². The zero-order chi connectivity index (χ0) is 39.3. The maximum absolute atomic E-state index is 14.1. The molecule has 3 aromatic rings. The molecule has 0 amide bonds. The molecule has 0 spiro atoms. The smallest absolute Gasteiger partial charge is 0.239 e. The molecule has 298 valence electrons. The van der Waals surface area contributed by atoms with Gasteiger partial charge < -0.3 is 99.2 Å². The summed E-state index contributed by atoms with van der Waals surface area (Å²) in [5, 5.41) is 133. The average Bonchev–Trinajstić information content (AvgIpc) is 3.14. The van der Waals surface area contributed by atoms with Crippen LogP contribution in [0.4, 0.5) is 0 Å². The molecule has 0 radical (unpaired) electrons. The van der Waals surface area contributed by atoms with Crippen LogP contribution in [0, 0.1) is 0 Å². The summed E-state index contributed by atoms with van der Waals surface area (Å²) in [6.07, 6.45) is -25.1. The van der Waals surface area contributed by atoms with Crippen LogP contribution in [0.25, 0.3) is 22.3 Å². The minimum atomic E-state index is -2.05. The van der Waals surface area contributed by atoms with Crippen molar-refractivity contribution in [1.82, 2.24) is 0 Å². The molecule has 3 aliphatic heterocycles. The standard InChI is InChI=1S/C33H40O21/c1-9-19(38)23(42)26(45)31(49-9)48-8-17-21(40)25(44)28(47)33(53-17)54-30-22(41)18-14(37)5-11(50-32-27(46)24(43)20(39)16(7-34)52-32)6-15(18)51-29(30)10-2-3-12(35)13(36)4-10/h2-6,9,16-17,19-21,23-28,31-40,42-47H,7-8H2,1H3/t9-,16+,17-,19+,20+,21-,23+,24+,25+,26-,27-,28-,31-,32-,33+/m1/s1. The maximum Gasteiger partial charge on any atom is 0.239 e.